The molecule has 0 aromatic rings. The normalized spacial score (nSPS) is 29.5. The van der Waals surface area contributed by atoms with E-state index >= 15 is 0 Å². The molecule has 7 heteroatoms. The molecule has 0 spiro atoms. The number of aliphatic imine (C=N–C) groups is 1. The highest BCUT2D eigenvalue weighted by molar-refractivity contribution is 6.35. The molecule has 0 saturated carbocycles. The first kappa shape index (κ1) is 11.9. The highest BCUT2D eigenvalue weighted by Gasteiger charge is 2.38. The fourth-order valence-electron chi connectivity index (χ4n) is 2.65. The minimum atomic E-state index is -0.926. The van der Waals surface area contributed by atoms with Gasteiger partial charge in [-0.15, -0.1) is 0 Å². The fraction of sp³-hybridized carbons (Fsp3) is 0.417. The summed E-state index contributed by atoms with van der Waals surface area (Å²) in [6.07, 6.45) is 7.66. The van der Waals surface area contributed by atoms with Gasteiger partial charge in [0.25, 0.3) is 0 Å². The molecule has 0 aromatic carbocycles. The van der Waals surface area contributed by atoms with Crippen LogP contribution in [0.2, 0.25) is 0 Å². The largest absolute Gasteiger partial charge is 0.465 e. The van der Waals surface area contributed by atoms with E-state index in [1.165, 1.54) is 4.90 Å². The van der Waals surface area contributed by atoms with E-state index in [-0.39, 0.29) is 11.9 Å². The molecule has 19 heavy (non-hydrogen) atoms. The smallest absolute Gasteiger partial charge is 0.407 e. The average Bonchev–Trinajstić information content (AvgIpc) is 2.88. The van der Waals surface area contributed by atoms with Crippen molar-refractivity contribution in [3.63, 3.8) is 0 Å². The highest BCUT2D eigenvalue weighted by Crippen LogP contribution is 2.17. The fourth-order valence-corrected chi connectivity index (χ4v) is 2.65. The molecular formula is C12H15N4O3+. The van der Waals surface area contributed by atoms with E-state index in [1.807, 2.05) is 6.20 Å². The summed E-state index contributed by atoms with van der Waals surface area (Å²) in [5, 5.41) is 9.04. The number of carbonyl (C=O) groups is 2. The number of hydrogen-bond acceptors (Lipinski definition) is 3. The van der Waals surface area contributed by atoms with Crippen LogP contribution in [0.4, 0.5) is 4.79 Å². The average molecular weight is 263 g/mol. The van der Waals surface area contributed by atoms with Crippen molar-refractivity contribution in [1.82, 2.24) is 9.80 Å². The third-order valence-corrected chi connectivity index (χ3v) is 3.64. The van der Waals surface area contributed by atoms with E-state index in [1.54, 1.807) is 23.5 Å². The standard InChI is InChI=1S/C12H14N4O3/c17-11-10-13-3-5-14(10)6-7-16(11)9-2-1-4-15(8-9)12(18)19/h3,5-7,9H,1-2,4,8H2,(H,18,19)/p+1. The number of carboxylic acid groups (broad SMARTS) is 1. The lowest BCUT2D eigenvalue weighted by Gasteiger charge is -2.37. The molecule has 0 bridgehead atoms. The zero-order valence-corrected chi connectivity index (χ0v) is 10.3. The van der Waals surface area contributed by atoms with Crippen molar-refractivity contribution in [1.29, 1.82) is 0 Å². The minimum Gasteiger partial charge on any atom is -0.465 e. The third-order valence-electron chi connectivity index (χ3n) is 3.64. The van der Waals surface area contributed by atoms with E-state index in [9.17, 15) is 9.59 Å². The van der Waals surface area contributed by atoms with Gasteiger partial charge in [0.05, 0.1) is 18.4 Å². The maximum absolute atomic E-state index is 12.3. The Morgan fingerprint density at radius 3 is 3.11 bits per heavy atom. The van der Waals surface area contributed by atoms with E-state index in [2.05, 4.69) is 4.99 Å². The second-order valence-corrected chi connectivity index (χ2v) is 4.80. The van der Waals surface area contributed by atoms with Crippen LogP contribution in [-0.4, -0.2) is 51.9 Å². The summed E-state index contributed by atoms with van der Waals surface area (Å²) in [6.45, 7) is 0.902. The molecule has 3 aliphatic rings. The van der Waals surface area contributed by atoms with Crippen LogP contribution in [0.15, 0.2) is 29.8 Å². The number of nitrogens with zero attached hydrogens (tertiary/aromatic N) is 3. The summed E-state index contributed by atoms with van der Waals surface area (Å²) >= 11 is 0. The molecule has 3 rings (SSSR count). The number of rotatable bonds is 1. The monoisotopic (exact) mass is 263 g/mol. The second-order valence-electron chi connectivity index (χ2n) is 4.80. The van der Waals surface area contributed by atoms with Gasteiger partial charge in [-0.3, -0.25) is 9.69 Å². The number of nitrogens with one attached hydrogen (secondary N) is 1. The molecule has 100 valence electrons. The zero-order chi connectivity index (χ0) is 13.4. The number of amides is 2. The van der Waals surface area contributed by atoms with Crippen LogP contribution in [0.5, 0.6) is 0 Å². The van der Waals surface area contributed by atoms with Crippen molar-refractivity contribution in [3.8, 4) is 0 Å². The molecule has 3 aliphatic heterocycles. The Morgan fingerprint density at radius 2 is 2.32 bits per heavy atom. The predicted molar refractivity (Wildman–Crippen MR) is 66.1 cm³/mol. The third kappa shape index (κ3) is 2.01. The quantitative estimate of drug-likeness (QED) is 0.651. The number of amidine groups is 1. The molecule has 2 amide bonds. The molecule has 7 nitrogen and oxygen atoms in total. The van der Waals surface area contributed by atoms with Gasteiger partial charge in [0.15, 0.2) is 0 Å². The topological polar surface area (TPSA) is 77.7 Å². The van der Waals surface area contributed by atoms with Crippen LogP contribution in [0.1, 0.15) is 12.8 Å². The molecule has 0 aliphatic carbocycles. The Morgan fingerprint density at radius 1 is 1.47 bits per heavy atom. The van der Waals surface area contributed by atoms with Gasteiger partial charge in [-0.25, -0.2) is 9.69 Å². The van der Waals surface area contributed by atoms with Crippen LogP contribution in [-0.2, 0) is 4.79 Å². The van der Waals surface area contributed by atoms with Crippen molar-refractivity contribution < 1.29 is 19.6 Å². The van der Waals surface area contributed by atoms with E-state index in [4.69, 9.17) is 5.11 Å². The summed E-state index contributed by atoms with van der Waals surface area (Å²) in [7, 11) is 0. The summed E-state index contributed by atoms with van der Waals surface area (Å²) in [5.74, 6) is 0.315. The van der Waals surface area contributed by atoms with Crippen LogP contribution in [0, 0.1) is 0 Å². The van der Waals surface area contributed by atoms with Gasteiger partial charge in [-0.1, -0.05) is 0 Å². The summed E-state index contributed by atoms with van der Waals surface area (Å²) in [6, 6.07) is -0.0987. The molecule has 3 heterocycles. The molecule has 0 aromatic heterocycles. The summed E-state index contributed by atoms with van der Waals surface area (Å²) < 4.78 is 0. The van der Waals surface area contributed by atoms with Gasteiger partial charge in [-0.05, 0) is 12.8 Å². The Kier molecular flexibility index (Phi) is 2.83. The Balaban J connectivity index is 1.77. The summed E-state index contributed by atoms with van der Waals surface area (Å²) in [5.41, 5.74) is 0. The number of fused-ring (bicyclic) bond motifs is 1. The number of quaternary nitrogens is 1. The van der Waals surface area contributed by atoms with Gasteiger partial charge in [0.2, 0.25) is 0 Å². The lowest BCUT2D eigenvalue weighted by atomic mass is 10.0. The minimum absolute atomic E-state index is 0.0987. The van der Waals surface area contributed by atoms with Crippen molar-refractivity contribution in [2.24, 2.45) is 4.99 Å². The number of carbonyl (C=O) groups excluding carboxylic acids is 1. The van der Waals surface area contributed by atoms with Gasteiger partial charge >= 0.3 is 17.8 Å². The second kappa shape index (κ2) is 4.51. The lowest BCUT2D eigenvalue weighted by molar-refractivity contribution is -0.679. The Hall–Kier alpha value is -2.15. The van der Waals surface area contributed by atoms with E-state index < -0.39 is 6.09 Å². The van der Waals surface area contributed by atoms with Crippen LogP contribution in [0.25, 0.3) is 0 Å². The van der Waals surface area contributed by atoms with Crippen molar-refractivity contribution in [3.05, 3.63) is 24.8 Å². The molecule has 0 radical (unpaired) electrons. The van der Waals surface area contributed by atoms with Gasteiger partial charge < -0.3 is 10.0 Å². The highest BCUT2D eigenvalue weighted by atomic mass is 16.4. The van der Waals surface area contributed by atoms with Crippen LogP contribution >= 0.6 is 0 Å². The predicted octanol–water partition coefficient (Wildman–Crippen LogP) is -0.790. The van der Waals surface area contributed by atoms with Crippen molar-refractivity contribution in [2.75, 3.05) is 13.1 Å². The number of piperidine rings is 1. The summed E-state index contributed by atoms with van der Waals surface area (Å²) in [4.78, 5) is 31.2. The molecular weight excluding hydrogens is 248 g/mol. The number of likely N-dealkylation sites (tertiary alicyclic amines) is 1. The SMILES string of the molecule is O=C(O)N1CCCC(N2C=C[NH+]3C=CN=C3C2=O)C1. The van der Waals surface area contributed by atoms with Crippen molar-refractivity contribution in [2.45, 2.75) is 18.9 Å². The first-order chi connectivity index (χ1) is 9.16. The van der Waals surface area contributed by atoms with Crippen LogP contribution < -0.4 is 4.90 Å². The van der Waals surface area contributed by atoms with Crippen molar-refractivity contribution >= 4 is 17.8 Å². The van der Waals surface area contributed by atoms with E-state index in [0.717, 1.165) is 17.7 Å². The molecule has 2 N–H and O–H groups in total. The van der Waals surface area contributed by atoms with E-state index in [0.29, 0.717) is 18.9 Å². The molecule has 1 fully saturated rings. The molecule has 2 atom stereocenters. The van der Waals surface area contributed by atoms with Crippen LogP contribution in [0.3, 0.4) is 0 Å². The molecule has 2 unspecified atom stereocenters. The Bertz CT molecular complexity index is 511. The number of hydrogen-bond donors (Lipinski definition) is 2. The zero-order valence-electron chi connectivity index (χ0n) is 10.3. The van der Waals surface area contributed by atoms with Gasteiger partial charge in [-0.2, -0.15) is 4.99 Å². The maximum atomic E-state index is 12.3. The maximum Gasteiger partial charge on any atom is 0.407 e. The lowest BCUT2D eigenvalue weighted by Crippen LogP contribution is -3.07. The Labute approximate surface area is 110 Å². The van der Waals surface area contributed by atoms with Gasteiger partial charge in [0.1, 0.15) is 12.4 Å². The first-order valence-corrected chi connectivity index (χ1v) is 6.27. The van der Waals surface area contributed by atoms with Gasteiger partial charge in [0, 0.05) is 13.1 Å². The first-order valence-electron chi connectivity index (χ1n) is 6.27. The molecule has 1 saturated heterocycles.